The summed E-state index contributed by atoms with van der Waals surface area (Å²) in [5.74, 6) is -1.08. The maximum Gasteiger partial charge on any atom is 0.306 e. The zero-order chi connectivity index (χ0) is 15.1. The fraction of sp³-hybridized carbons (Fsp3) is 0.625. The molecule has 1 saturated carbocycles. The molecule has 0 radical (unpaired) electrons. The van der Waals surface area contributed by atoms with Gasteiger partial charge in [0.15, 0.2) is 0 Å². The van der Waals surface area contributed by atoms with Crippen LogP contribution in [0, 0.1) is 18.8 Å². The lowest BCUT2D eigenvalue weighted by Crippen LogP contribution is -2.43. The largest absolute Gasteiger partial charge is 0.481 e. The Morgan fingerprint density at radius 3 is 2.57 bits per heavy atom. The molecule has 5 heteroatoms. The van der Waals surface area contributed by atoms with Crippen LogP contribution in [0.4, 0.5) is 0 Å². The zero-order valence-corrected chi connectivity index (χ0v) is 12.6. The molecule has 2 aliphatic rings. The van der Waals surface area contributed by atoms with Crippen LogP contribution in [0.3, 0.4) is 0 Å². The predicted molar refractivity (Wildman–Crippen MR) is 77.8 cm³/mol. The van der Waals surface area contributed by atoms with Crippen molar-refractivity contribution in [2.75, 3.05) is 6.54 Å². The van der Waals surface area contributed by atoms with E-state index < -0.39 is 5.97 Å². The number of rotatable bonds is 2. The number of nitrogens with zero attached hydrogens (tertiary/aromatic N) is 2. The molecule has 1 fully saturated rings. The molecule has 114 valence electrons. The van der Waals surface area contributed by atoms with Gasteiger partial charge in [-0.3, -0.25) is 9.59 Å². The Bertz CT molecular complexity index is 578. The van der Waals surface area contributed by atoms with Crippen LogP contribution in [0.1, 0.15) is 43.6 Å². The molecule has 1 aliphatic carbocycles. The molecule has 2 heterocycles. The van der Waals surface area contributed by atoms with Crippen molar-refractivity contribution >= 4 is 11.9 Å². The lowest BCUT2D eigenvalue weighted by Gasteiger charge is -2.37. The van der Waals surface area contributed by atoms with E-state index in [4.69, 9.17) is 5.11 Å². The number of carbonyl (C=O) groups is 2. The topological polar surface area (TPSA) is 62.5 Å². The minimum atomic E-state index is -0.763. The highest BCUT2D eigenvalue weighted by molar-refractivity contribution is 5.81. The molecule has 1 N–H and O–H groups in total. The molecular formula is C16H22N2O3. The highest BCUT2D eigenvalue weighted by Crippen LogP contribution is 2.35. The number of aliphatic carboxylic acids is 1. The van der Waals surface area contributed by atoms with Crippen molar-refractivity contribution in [3.8, 4) is 0 Å². The lowest BCUT2D eigenvalue weighted by molar-refractivity contribution is -0.142. The Morgan fingerprint density at radius 2 is 1.90 bits per heavy atom. The third kappa shape index (κ3) is 2.34. The van der Waals surface area contributed by atoms with Crippen molar-refractivity contribution in [2.45, 2.75) is 45.7 Å². The fourth-order valence-corrected chi connectivity index (χ4v) is 3.79. The van der Waals surface area contributed by atoms with Gasteiger partial charge in [-0.15, -0.1) is 0 Å². The Hall–Kier alpha value is -1.78. The molecule has 1 unspecified atom stereocenters. The van der Waals surface area contributed by atoms with Gasteiger partial charge in [-0.05, 0) is 45.2 Å². The number of hydrogen-bond donors (Lipinski definition) is 1. The molecule has 21 heavy (non-hydrogen) atoms. The minimum absolute atomic E-state index is 0.0730. The van der Waals surface area contributed by atoms with E-state index in [0.717, 1.165) is 13.1 Å². The number of aromatic nitrogens is 1. The summed E-state index contributed by atoms with van der Waals surface area (Å²) in [5, 5.41) is 9.08. The monoisotopic (exact) mass is 290 g/mol. The van der Waals surface area contributed by atoms with Crippen molar-refractivity contribution in [2.24, 2.45) is 11.8 Å². The zero-order valence-electron chi connectivity index (χ0n) is 12.6. The Balaban J connectivity index is 1.73. The first kappa shape index (κ1) is 14.2. The van der Waals surface area contributed by atoms with E-state index in [1.165, 1.54) is 11.4 Å². The number of carboxylic acids is 1. The highest BCUT2D eigenvalue weighted by Gasteiger charge is 2.38. The van der Waals surface area contributed by atoms with Gasteiger partial charge in [-0.2, -0.15) is 0 Å². The fourth-order valence-electron chi connectivity index (χ4n) is 3.79. The molecule has 0 saturated heterocycles. The van der Waals surface area contributed by atoms with Gasteiger partial charge in [0, 0.05) is 30.4 Å². The first-order chi connectivity index (χ1) is 9.99. The van der Waals surface area contributed by atoms with Crippen LogP contribution in [-0.4, -0.2) is 33.0 Å². The van der Waals surface area contributed by atoms with E-state index in [0.29, 0.717) is 19.3 Å². The van der Waals surface area contributed by atoms with Crippen molar-refractivity contribution in [1.82, 2.24) is 9.47 Å². The van der Waals surface area contributed by atoms with Gasteiger partial charge in [0.25, 0.3) is 0 Å². The lowest BCUT2D eigenvalue weighted by atomic mass is 10.0. The molecule has 0 spiro atoms. The normalized spacial score (nSPS) is 28.5. The SMILES string of the molecule is Cc1ccc2n1CCN(C(=O)[C@@H]1CC[C@H](C(=O)O)C1)C2C. The number of amides is 1. The van der Waals surface area contributed by atoms with Crippen LogP contribution in [-0.2, 0) is 16.1 Å². The van der Waals surface area contributed by atoms with Gasteiger partial charge < -0.3 is 14.6 Å². The predicted octanol–water partition coefficient (Wildman–Crippen LogP) is 2.20. The van der Waals surface area contributed by atoms with E-state index in [-0.39, 0.29) is 23.8 Å². The first-order valence-corrected chi connectivity index (χ1v) is 7.68. The van der Waals surface area contributed by atoms with Crippen LogP contribution >= 0.6 is 0 Å². The minimum Gasteiger partial charge on any atom is -0.481 e. The Morgan fingerprint density at radius 1 is 1.19 bits per heavy atom. The molecule has 5 nitrogen and oxygen atoms in total. The Kier molecular flexibility index (Phi) is 3.51. The summed E-state index contributed by atoms with van der Waals surface area (Å²) in [7, 11) is 0. The quantitative estimate of drug-likeness (QED) is 0.908. The van der Waals surface area contributed by atoms with Crippen LogP contribution < -0.4 is 0 Å². The molecule has 0 aromatic carbocycles. The molecule has 0 bridgehead atoms. The van der Waals surface area contributed by atoms with Crippen molar-refractivity contribution in [3.05, 3.63) is 23.5 Å². The van der Waals surface area contributed by atoms with Gasteiger partial charge in [0.2, 0.25) is 5.91 Å². The van der Waals surface area contributed by atoms with Crippen molar-refractivity contribution in [1.29, 1.82) is 0 Å². The average molecular weight is 290 g/mol. The number of carboxylic acid groups (broad SMARTS) is 1. The highest BCUT2D eigenvalue weighted by atomic mass is 16.4. The van der Waals surface area contributed by atoms with Gasteiger partial charge in [0.1, 0.15) is 0 Å². The number of fused-ring (bicyclic) bond motifs is 1. The average Bonchev–Trinajstić information content (AvgIpc) is 3.06. The summed E-state index contributed by atoms with van der Waals surface area (Å²) >= 11 is 0. The number of carbonyl (C=O) groups excluding carboxylic acids is 1. The Labute approximate surface area is 124 Å². The summed E-state index contributed by atoms with van der Waals surface area (Å²) in [4.78, 5) is 25.7. The summed E-state index contributed by atoms with van der Waals surface area (Å²) in [5.41, 5.74) is 2.41. The van der Waals surface area contributed by atoms with Crippen LogP contribution in [0.15, 0.2) is 12.1 Å². The van der Waals surface area contributed by atoms with Crippen molar-refractivity contribution in [3.63, 3.8) is 0 Å². The summed E-state index contributed by atoms with van der Waals surface area (Å²) in [6.07, 6.45) is 1.83. The number of aryl methyl sites for hydroxylation is 1. The second kappa shape index (κ2) is 5.20. The van der Waals surface area contributed by atoms with E-state index >= 15 is 0 Å². The van der Waals surface area contributed by atoms with Gasteiger partial charge in [-0.1, -0.05) is 0 Å². The molecule has 3 rings (SSSR count). The van der Waals surface area contributed by atoms with E-state index in [9.17, 15) is 9.59 Å². The van der Waals surface area contributed by atoms with Gasteiger partial charge >= 0.3 is 5.97 Å². The molecule has 1 aliphatic heterocycles. The second-order valence-electron chi connectivity index (χ2n) is 6.30. The van der Waals surface area contributed by atoms with Crippen LogP contribution in [0.2, 0.25) is 0 Å². The molecule has 1 amide bonds. The summed E-state index contributed by atoms with van der Waals surface area (Å²) in [6.45, 7) is 5.70. The smallest absolute Gasteiger partial charge is 0.306 e. The van der Waals surface area contributed by atoms with Crippen molar-refractivity contribution < 1.29 is 14.7 Å². The molecule has 1 aromatic heterocycles. The second-order valence-corrected chi connectivity index (χ2v) is 6.30. The summed E-state index contributed by atoms with van der Waals surface area (Å²) in [6, 6.07) is 4.26. The van der Waals surface area contributed by atoms with E-state index in [1.54, 1.807) is 0 Å². The van der Waals surface area contributed by atoms with E-state index in [1.807, 2.05) is 4.90 Å². The molecule has 1 aromatic rings. The standard InChI is InChI=1S/C16H22N2O3/c1-10-3-6-14-11(2)18(8-7-17(10)14)15(19)12-4-5-13(9-12)16(20)21/h3,6,11-13H,4-5,7-9H2,1-2H3,(H,20,21)/t11?,12-,13+/m1/s1. The van der Waals surface area contributed by atoms with Gasteiger partial charge in [-0.25, -0.2) is 0 Å². The third-order valence-corrected chi connectivity index (χ3v) is 5.11. The van der Waals surface area contributed by atoms with Crippen LogP contribution in [0.5, 0.6) is 0 Å². The third-order valence-electron chi connectivity index (χ3n) is 5.11. The maximum absolute atomic E-state index is 12.7. The first-order valence-electron chi connectivity index (χ1n) is 7.68. The van der Waals surface area contributed by atoms with Gasteiger partial charge in [0.05, 0.1) is 12.0 Å². The van der Waals surface area contributed by atoms with E-state index in [2.05, 4.69) is 30.5 Å². The molecular weight excluding hydrogens is 268 g/mol. The van der Waals surface area contributed by atoms with Crippen LogP contribution in [0.25, 0.3) is 0 Å². The number of hydrogen-bond acceptors (Lipinski definition) is 2. The maximum atomic E-state index is 12.7. The summed E-state index contributed by atoms with van der Waals surface area (Å²) < 4.78 is 2.27. The molecule has 3 atom stereocenters.